The monoisotopic (exact) mass is 669 g/mol. The number of nitrogens with zero attached hydrogens (tertiary/aromatic N) is 3. The lowest BCUT2D eigenvalue weighted by Gasteiger charge is -2.31. The molecule has 49 heavy (non-hydrogen) atoms. The molecular weight excluding hydrogens is 611 g/mol. The average molecular weight is 670 g/mol. The predicted molar refractivity (Wildman–Crippen MR) is 212 cm³/mol. The predicted octanol–water partition coefficient (Wildman–Crippen LogP) is 10.3. The van der Waals surface area contributed by atoms with E-state index in [2.05, 4.69) is 136 Å². The van der Waals surface area contributed by atoms with Gasteiger partial charge in [-0.15, -0.1) is 0 Å². The van der Waals surface area contributed by atoms with E-state index in [0.29, 0.717) is 5.92 Å². The Kier molecular flexibility index (Phi) is 10.6. The molecule has 3 aliphatic rings. The number of hydrogen-bond donors (Lipinski definition) is 0. The third kappa shape index (κ3) is 7.31. The molecule has 4 heterocycles. The molecule has 0 amide bonds. The van der Waals surface area contributed by atoms with Gasteiger partial charge in [0.05, 0.1) is 25.3 Å². The number of rotatable bonds is 8. The molecule has 6 rings (SSSR count). The van der Waals surface area contributed by atoms with Crippen LogP contribution in [0.4, 0.5) is 0 Å². The summed E-state index contributed by atoms with van der Waals surface area (Å²) in [7, 11) is -1.66. The number of allylic oxidation sites excluding steroid dienone is 6. The van der Waals surface area contributed by atoms with Crippen LogP contribution >= 0.6 is 0 Å². The summed E-state index contributed by atoms with van der Waals surface area (Å²) in [5.41, 5.74) is 12.6. The largest absolute Gasteiger partial charge is 0.257 e. The van der Waals surface area contributed by atoms with Crippen molar-refractivity contribution in [1.82, 2.24) is 0 Å². The van der Waals surface area contributed by atoms with E-state index in [-0.39, 0.29) is 12.0 Å². The Balaban J connectivity index is 1.60. The molecule has 1 saturated carbocycles. The van der Waals surface area contributed by atoms with Crippen LogP contribution in [0.1, 0.15) is 107 Å². The minimum absolute atomic E-state index is 0.0760. The van der Waals surface area contributed by atoms with E-state index < -0.39 is 8.07 Å². The maximum Gasteiger partial charge on any atom is 0.249 e. The number of hydrogen-bond acceptors (Lipinski definition) is 1. The van der Waals surface area contributed by atoms with Crippen LogP contribution in [0.25, 0.3) is 22.5 Å². The molecule has 0 radical (unpaired) electrons. The fourth-order valence-corrected chi connectivity index (χ4v) is 10.5. The molecule has 0 spiro atoms. The lowest BCUT2D eigenvalue weighted by atomic mass is 9.78. The van der Waals surface area contributed by atoms with Gasteiger partial charge in [-0.25, -0.2) is 0 Å². The molecule has 0 bridgehead atoms. The molecule has 2 aliphatic heterocycles. The molecule has 1 fully saturated rings. The first-order chi connectivity index (χ1) is 23.5. The number of benzene rings is 1. The maximum absolute atomic E-state index is 5.31. The van der Waals surface area contributed by atoms with Crippen LogP contribution in [0.5, 0.6) is 0 Å². The minimum atomic E-state index is -1.66. The van der Waals surface area contributed by atoms with Crippen molar-refractivity contribution in [1.29, 1.82) is 0 Å². The molecule has 3 aromatic rings. The molecule has 4 heteroatoms. The highest BCUT2D eigenvalue weighted by Crippen LogP contribution is 2.45. The van der Waals surface area contributed by atoms with Crippen LogP contribution < -0.4 is 14.3 Å². The van der Waals surface area contributed by atoms with E-state index in [9.17, 15) is 0 Å². The molecule has 2 atom stereocenters. The highest BCUT2D eigenvalue weighted by atomic mass is 28.3. The SMILES string of the molecule is C=CC1=C(N=C(C)/C=C\C)CCC2c3ccccc3-c3cc(CC(C)C)c([Si](C)(C)C)c[n+]3C2C(=C)[n+]2ccc(CC3CCCCC3)cc21. The molecule has 3 nitrogen and oxygen atoms in total. The second-order valence-corrected chi connectivity index (χ2v) is 21.4. The normalized spacial score (nSPS) is 20.3. The number of aromatic nitrogens is 2. The summed E-state index contributed by atoms with van der Waals surface area (Å²) in [5.74, 6) is 1.62. The van der Waals surface area contributed by atoms with Gasteiger partial charge in [-0.2, -0.15) is 9.13 Å². The maximum atomic E-state index is 5.31. The summed E-state index contributed by atoms with van der Waals surface area (Å²) in [6.07, 6.45) is 22.0. The van der Waals surface area contributed by atoms with Gasteiger partial charge in [-0.1, -0.05) is 103 Å². The van der Waals surface area contributed by atoms with E-state index >= 15 is 0 Å². The van der Waals surface area contributed by atoms with Crippen molar-refractivity contribution in [3.8, 4) is 11.3 Å². The summed E-state index contributed by atoms with van der Waals surface area (Å²) < 4.78 is 5.03. The Morgan fingerprint density at radius 2 is 1.78 bits per heavy atom. The van der Waals surface area contributed by atoms with Crippen LogP contribution in [0.3, 0.4) is 0 Å². The number of pyridine rings is 2. The van der Waals surface area contributed by atoms with E-state index in [1.54, 1.807) is 5.19 Å². The molecule has 1 aromatic carbocycles. The van der Waals surface area contributed by atoms with Gasteiger partial charge < -0.3 is 0 Å². The first kappa shape index (κ1) is 35.2. The molecule has 0 saturated heterocycles. The first-order valence-corrected chi connectivity index (χ1v) is 22.5. The highest BCUT2D eigenvalue weighted by Gasteiger charge is 2.48. The smallest absolute Gasteiger partial charge is 0.249 e. The van der Waals surface area contributed by atoms with Gasteiger partial charge in [0.1, 0.15) is 0 Å². The van der Waals surface area contributed by atoms with E-state index in [1.165, 1.54) is 65.7 Å². The van der Waals surface area contributed by atoms with Crippen molar-refractivity contribution >= 4 is 30.2 Å². The molecule has 1 aliphatic carbocycles. The third-order valence-electron chi connectivity index (χ3n) is 11.1. The van der Waals surface area contributed by atoms with Gasteiger partial charge in [0.15, 0.2) is 12.4 Å². The van der Waals surface area contributed by atoms with Crippen LogP contribution in [-0.4, -0.2) is 13.8 Å². The Labute approximate surface area is 297 Å². The minimum Gasteiger partial charge on any atom is -0.257 e. The summed E-state index contributed by atoms with van der Waals surface area (Å²) in [4.78, 5) is 5.31. The standard InChI is InChI=1S/C45H59N3Si/c1-10-17-32(5)46-41-23-22-40-38-20-15-16-21-39(38)43-29-36(26-31(3)4)44(49(7,8)9)30-48(43)45(40)33(6)47-25-24-35(28-42(47)37(41)11-2)27-34-18-13-12-14-19-34/h10-11,15-17,20-21,24-25,28-31,34,40,45H,2,6,12-14,18-19,22-23,26-27H2,1,3-5,7-9H3/q+2/b17-10-. The quantitative estimate of drug-likeness (QED) is 0.129. The molecule has 0 N–H and O–H groups in total. The van der Waals surface area contributed by atoms with Crippen molar-refractivity contribution in [3.63, 3.8) is 0 Å². The van der Waals surface area contributed by atoms with Gasteiger partial charge in [-0.05, 0) is 86.8 Å². The summed E-state index contributed by atoms with van der Waals surface area (Å²) in [6.45, 7) is 25.8. The van der Waals surface area contributed by atoms with Crippen LogP contribution in [0.15, 0.2) is 96.9 Å². The summed E-state index contributed by atoms with van der Waals surface area (Å²) >= 11 is 0. The van der Waals surface area contributed by atoms with Crippen LogP contribution in [0.2, 0.25) is 19.6 Å². The zero-order valence-corrected chi connectivity index (χ0v) is 32.4. The van der Waals surface area contributed by atoms with Crippen LogP contribution in [0, 0.1) is 11.8 Å². The number of aliphatic imine (C=N–C) groups is 1. The van der Waals surface area contributed by atoms with Gasteiger partial charge in [0, 0.05) is 34.7 Å². The zero-order valence-electron chi connectivity index (χ0n) is 31.4. The number of fused-ring (bicyclic) bond motifs is 7. The molecule has 2 aromatic heterocycles. The van der Waals surface area contributed by atoms with E-state index in [4.69, 9.17) is 11.6 Å². The van der Waals surface area contributed by atoms with Crippen molar-refractivity contribution in [2.45, 2.75) is 117 Å². The van der Waals surface area contributed by atoms with Gasteiger partial charge in [0.25, 0.3) is 0 Å². The average Bonchev–Trinajstić information content (AvgIpc) is 3.10. The van der Waals surface area contributed by atoms with Crippen molar-refractivity contribution in [3.05, 3.63) is 114 Å². The fourth-order valence-electron chi connectivity index (χ4n) is 8.86. The van der Waals surface area contributed by atoms with Gasteiger partial charge in [-0.3, -0.25) is 4.99 Å². The Morgan fingerprint density at radius 3 is 2.47 bits per heavy atom. The lowest BCUT2D eigenvalue weighted by Crippen LogP contribution is -2.57. The summed E-state index contributed by atoms with van der Waals surface area (Å²) in [5, 5.41) is 1.57. The van der Waals surface area contributed by atoms with Crippen LogP contribution in [-0.2, 0) is 12.8 Å². The first-order valence-electron chi connectivity index (χ1n) is 19.0. The zero-order chi connectivity index (χ0) is 34.9. The fraction of sp³-hybridized carbons (Fsp3) is 0.444. The van der Waals surface area contributed by atoms with Crippen molar-refractivity contribution < 1.29 is 9.13 Å². The second-order valence-electron chi connectivity index (χ2n) is 16.3. The molecule has 256 valence electrons. The Bertz CT molecular complexity index is 1830. The van der Waals surface area contributed by atoms with E-state index in [0.717, 1.165) is 54.3 Å². The van der Waals surface area contributed by atoms with Crippen molar-refractivity contribution in [2.75, 3.05) is 0 Å². The third-order valence-corrected chi connectivity index (χ3v) is 13.1. The molecular formula is C45H59N3Si+2. The highest BCUT2D eigenvalue weighted by molar-refractivity contribution is 6.89. The van der Waals surface area contributed by atoms with E-state index in [1.807, 2.05) is 0 Å². The lowest BCUT2D eigenvalue weighted by molar-refractivity contribution is -0.728. The second kappa shape index (κ2) is 14.7. The topological polar surface area (TPSA) is 20.1 Å². The van der Waals surface area contributed by atoms with Gasteiger partial charge in [0.2, 0.25) is 23.1 Å². The van der Waals surface area contributed by atoms with Gasteiger partial charge >= 0.3 is 0 Å². The summed E-state index contributed by atoms with van der Waals surface area (Å²) in [6, 6.07) is 16.6. The van der Waals surface area contributed by atoms with Crippen molar-refractivity contribution in [2.24, 2.45) is 16.8 Å². The Morgan fingerprint density at radius 1 is 1.02 bits per heavy atom. The Hall–Kier alpha value is -3.63. The molecule has 2 unspecified atom stereocenters.